The molecule has 26 heavy (non-hydrogen) atoms. The predicted octanol–water partition coefficient (Wildman–Crippen LogP) is 1.92. The van der Waals surface area contributed by atoms with Gasteiger partial charge in [-0.25, -0.2) is 15.1 Å². The first-order chi connectivity index (χ1) is 12.8. The minimum atomic E-state index is 0.255. The number of pyridine rings is 1. The Hall–Kier alpha value is -1.83. The third-order valence-corrected chi connectivity index (χ3v) is 6.33. The number of piperidine rings is 1. The summed E-state index contributed by atoms with van der Waals surface area (Å²) >= 11 is 0. The quantitative estimate of drug-likeness (QED) is 0.879. The summed E-state index contributed by atoms with van der Waals surface area (Å²) in [6.45, 7) is 2.24. The highest BCUT2D eigenvalue weighted by Crippen LogP contribution is 2.40. The molecule has 4 heterocycles. The van der Waals surface area contributed by atoms with Crippen LogP contribution in [0.3, 0.4) is 0 Å². The lowest BCUT2D eigenvalue weighted by atomic mass is 9.96. The molecule has 0 amide bonds. The van der Waals surface area contributed by atoms with Gasteiger partial charge < -0.3 is 4.90 Å². The lowest BCUT2D eigenvalue weighted by Gasteiger charge is -2.30. The molecular weight excluding hydrogens is 326 g/mol. The first kappa shape index (κ1) is 16.4. The average Bonchev–Trinajstić information content (AvgIpc) is 3.38. The second-order valence-corrected chi connectivity index (χ2v) is 7.98. The van der Waals surface area contributed by atoms with Crippen molar-refractivity contribution >= 4 is 0 Å². The largest absolute Gasteiger partial charge is 0.306 e. The Bertz CT molecular complexity index is 751. The number of rotatable bonds is 3. The third-order valence-electron chi connectivity index (χ3n) is 6.33. The van der Waals surface area contributed by atoms with Crippen molar-refractivity contribution in [1.29, 1.82) is 0 Å². The van der Waals surface area contributed by atoms with Crippen molar-refractivity contribution in [3.8, 4) is 11.4 Å². The van der Waals surface area contributed by atoms with Gasteiger partial charge in [-0.05, 0) is 63.9 Å². The molecule has 2 aliphatic heterocycles. The second-order valence-electron chi connectivity index (χ2n) is 7.98. The van der Waals surface area contributed by atoms with E-state index in [0.29, 0.717) is 18.0 Å². The number of nitrogens with zero attached hydrogens (tertiary/aromatic N) is 5. The maximum Gasteiger partial charge on any atom is 0.181 e. The predicted molar refractivity (Wildman–Crippen MR) is 99.2 cm³/mol. The standard InChI is InChI=1S/C19H27N7/c1-25-11-7-14(8-12-25)26-19(17-15-3-2-4-16(15)22-23-17)21-18(24-26)13-5-9-20-10-6-13/h5-6,9-10,14-17,22-23H,2-4,7-8,11-12H2,1H3. The van der Waals surface area contributed by atoms with Gasteiger partial charge in [0.1, 0.15) is 5.82 Å². The van der Waals surface area contributed by atoms with Gasteiger partial charge in [0.2, 0.25) is 0 Å². The van der Waals surface area contributed by atoms with Crippen molar-refractivity contribution in [2.24, 2.45) is 5.92 Å². The minimum Gasteiger partial charge on any atom is -0.306 e. The van der Waals surface area contributed by atoms with Gasteiger partial charge in [0.05, 0.1) is 12.1 Å². The molecule has 0 bridgehead atoms. The molecule has 0 radical (unpaired) electrons. The molecule has 3 unspecified atom stereocenters. The monoisotopic (exact) mass is 353 g/mol. The Morgan fingerprint density at radius 3 is 2.65 bits per heavy atom. The molecule has 2 saturated heterocycles. The summed E-state index contributed by atoms with van der Waals surface area (Å²) < 4.78 is 2.24. The second kappa shape index (κ2) is 6.72. The van der Waals surface area contributed by atoms with E-state index in [1.54, 1.807) is 0 Å². The van der Waals surface area contributed by atoms with Gasteiger partial charge in [0, 0.05) is 24.0 Å². The van der Waals surface area contributed by atoms with E-state index in [2.05, 4.69) is 32.5 Å². The first-order valence-corrected chi connectivity index (χ1v) is 9.86. The number of likely N-dealkylation sites (tertiary alicyclic amines) is 1. The minimum absolute atomic E-state index is 0.255. The summed E-state index contributed by atoms with van der Waals surface area (Å²) in [6.07, 6.45) is 9.73. The van der Waals surface area contributed by atoms with Gasteiger partial charge in [-0.15, -0.1) is 0 Å². The number of aromatic nitrogens is 4. The molecule has 3 aliphatic rings. The van der Waals surface area contributed by atoms with E-state index in [1.807, 2.05) is 24.5 Å². The molecule has 3 atom stereocenters. The van der Waals surface area contributed by atoms with E-state index < -0.39 is 0 Å². The molecule has 3 fully saturated rings. The van der Waals surface area contributed by atoms with E-state index in [0.717, 1.165) is 43.1 Å². The number of fused-ring (bicyclic) bond motifs is 1. The van der Waals surface area contributed by atoms with E-state index in [1.165, 1.54) is 19.3 Å². The van der Waals surface area contributed by atoms with Gasteiger partial charge in [0.25, 0.3) is 0 Å². The summed E-state index contributed by atoms with van der Waals surface area (Å²) in [5.41, 5.74) is 8.08. The zero-order chi connectivity index (χ0) is 17.5. The third kappa shape index (κ3) is 2.84. The highest BCUT2D eigenvalue weighted by atomic mass is 15.5. The summed E-state index contributed by atoms with van der Waals surface area (Å²) in [6, 6.07) is 5.26. The van der Waals surface area contributed by atoms with Crippen molar-refractivity contribution in [3.63, 3.8) is 0 Å². The lowest BCUT2D eigenvalue weighted by Crippen LogP contribution is -2.34. The molecule has 7 nitrogen and oxygen atoms in total. The zero-order valence-electron chi connectivity index (χ0n) is 15.3. The fraction of sp³-hybridized carbons (Fsp3) is 0.632. The Morgan fingerprint density at radius 2 is 1.85 bits per heavy atom. The molecule has 2 aromatic rings. The topological polar surface area (TPSA) is 70.9 Å². The van der Waals surface area contributed by atoms with E-state index >= 15 is 0 Å². The van der Waals surface area contributed by atoms with Crippen LogP contribution in [0.5, 0.6) is 0 Å². The normalized spacial score (nSPS) is 30.0. The van der Waals surface area contributed by atoms with E-state index in [9.17, 15) is 0 Å². The van der Waals surface area contributed by atoms with Crippen LogP contribution in [0.4, 0.5) is 0 Å². The zero-order valence-corrected chi connectivity index (χ0v) is 15.3. The maximum atomic E-state index is 5.03. The number of hydrogen-bond acceptors (Lipinski definition) is 6. The van der Waals surface area contributed by atoms with Crippen molar-refractivity contribution in [1.82, 2.24) is 35.5 Å². The Morgan fingerprint density at radius 1 is 1.04 bits per heavy atom. The van der Waals surface area contributed by atoms with E-state index in [-0.39, 0.29) is 6.04 Å². The summed E-state index contributed by atoms with van der Waals surface area (Å²) in [5, 5.41) is 4.98. The molecule has 1 aliphatic carbocycles. The van der Waals surface area contributed by atoms with Gasteiger partial charge in [-0.2, -0.15) is 5.10 Å². The van der Waals surface area contributed by atoms with Crippen molar-refractivity contribution in [2.75, 3.05) is 20.1 Å². The van der Waals surface area contributed by atoms with Crippen LogP contribution in [0.2, 0.25) is 0 Å². The highest BCUT2D eigenvalue weighted by Gasteiger charge is 2.42. The molecule has 0 aromatic carbocycles. The van der Waals surface area contributed by atoms with Crippen molar-refractivity contribution < 1.29 is 0 Å². The SMILES string of the molecule is CN1CCC(n2nc(-c3ccncc3)nc2C2NNC3CCCC32)CC1. The average molecular weight is 353 g/mol. The van der Waals surface area contributed by atoms with E-state index in [4.69, 9.17) is 10.1 Å². The van der Waals surface area contributed by atoms with Crippen LogP contribution < -0.4 is 10.9 Å². The molecule has 2 N–H and O–H groups in total. The van der Waals surface area contributed by atoms with Crippen LogP contribution in [0.25, 0.3) is 11.4 Å². The number of hydrazine groups is 1. The van der Waals surface area contributed by atoms with Crippen molar-refractivity contribution in [3.05, 3.63) is 30.4 Å². The molecule has 5 rings (SSSR count). The smallest absolute Gasteiger partial charge is 0.181 e. The molecule has 7 heteroatoms. The van der Waals surface area contributed by atoms with Gasteiger partial charge >= 0.3 is 0 Å². The van der Waals surface area contributed by atoms with Crippen LogP contribution in [0.1, 0.15) is 50.0 Å². The molecule has 1 saturated carbocycles. The number of nitrogens with one attached hydrogen (secondary N) is 2. The highest BCUT2D eigenvalue weighted by molar-refractivity contribution is 5.53. The summed E-state index contributed by atoms with van der Waals surface area (Å²) in [7, 11) is 2.20. The lowest BCUT2D eigenvalue weighted by molar-refractivity contribution is 0.205. The van der Waals surface area contributed by atoms with Crippen LogP contribution in [0, 0.1) is 5.92 Å². The summed E-state index contributed by atoms with van der Waals surface area (Å²) in [5.74, 6) is 2.55. The van der Waals surface area contributed by atoms with Crippen LogP contribution in [-0.4, -0.2) is 50.8 Å². The van der Waals surface area contributed by atoms with Crippen LogP contribution in [-0.2, 0) is 0 Å². The van der Waals surface area contributed by atoms with Gasteiger partial charge in [-0.3, -0.25) is 10.4 Å². The van der Waals surface area contributed by atoms with Crippen LogP contribution >= 0.6 is 0 Å². The van der Waals surface area contributed by atoms with Crippen molar-refractivity contribution in [2.45, 2.75) is 50.2 Å². The van der Waals surface area contributed by atoms with Crippen LogP contribution in [0.15, 0.2) is 24.5 Å². The fourth-order valence-corrected chi connectivity index (χ4v) is 4.81. The van der Waals surface area contributed by atoms with Gasteiger partial charge in [-0.1, -0.05) is 6.42 Å². The number of hydrogen-bond donors (Lipinski definition) is 2. The summed E-state index contributed by atoms with van der Waals surface area (Å²) in [4.78, 5) is 11.6. The van der Waals surface area contributed by atoms with Gasteiger partial charge in [0.15, 0.2) is 5.82 Å². The molecule has 138 valence electrons. The Kier molecular flexibility index (Phi) is 4.23. The molecule has 0 spiro atoms. The molecular formula is C19H27N7. The maximum absolute atomic E-state index is 5.03. The Balaban J connectivity index is 1.52. The first-order valence-electron chi connectivity index (χ1n) is 9.86. The fourth-order valence-electron chi connectivity index (χ4n) is 4.81. The Labute approximate surface area is 154 Å². The molecule has 2 aromatic heterocycles.